The maximum absolute atomic E-state index is 5.89. The van der Waals surface area contributed by atoms with Gasteiger partial charge in [-0.15, -0.1) is 0 Å². The van der Waals surface area contributed by atoms with E-state index < -0.39 is 0 Å². The SMILES string of the molecule is CCNc1nc(/N=C(\N)Nc2ccc(C)cc2)nc(N)c1OC. The maximum Gasteiger partial charge on any atom is 0.256 e. The number of guanidine groups is 1. The second-order valence-corrected chi connectivity index (χ2v) is 4.81. The highest BCUT2D eigenvalue weighted by atomic mass is 16.5. The van der Waals surface area contributed by atoms with Crippen LogP contribution in [-0.4, -0.2) is 29.6 Å². The maximum atomic E-state index is 5.89. The molecule has 0 aliphatic rings. The van der Waals surface area contributed by atoms with Gasteiger partial charge in [0, 0.05) is 12.2 Å². The number of rotatable bonds is 5. The minimum Gasteiger partial charge on any atom is -0.490 e. The molecule has 0 bridgehead atoms. The molecule has 0 atom stereocenters. The van der Waals surface area contributed by atoms with Crippen molar-refractivity contribution in [1.82, 2.24) is 9.97 Å². The Balaban J connectivity index is 2.24. The Morgan fingerprint density at radius 2 is 1.96 bits per heavy atom. The van der Waals surface area contributed by atoms with Crippen LogP contribution in [0.5, 0.6) is 5.75 Å². The normalized spacial score (nSPS) is 11.2. The van der Waals surface area contributed by atoms with E-state index in [1.54, 1.807) is 0 Å². The number of hydrogen-bond donors (Lipinski definition) is 4. The lowest BCUT2D eigenvalue weighted by Crippen LogP contribution is -2.22. The third kappa shape index (κ3) is 4.22. The lowest BCUT2D eigenvalue weighted by atomic mass is 10.2. The molecule has 0 saturated heterocycles. The summed E-state index contributed by atoms with van der Waals surface area (Å²) in [5.74, 6) is 1.37. The fourth-order valence-electron chi connectivity index (χ4n) is 1.91. The molecular weight excluding hydrogens is 294 g/mol. The Morgan fingerprint density at radius 3 is 2.57 bits per heavy atom. The number of nitrogens with two attached hydrogens (primary N) is 2. The van der Waals surface area contributed by atoms with Gasteiger partial charge in [-0.2, -0.15) is 15.0 Å². The van der Waals surface area contributed by atoms with Crippen LogP contribution in [0.4, 0.5) is 23.3 Å². The molecule has 6 N–H and O–H groups in total. The predicted molar refractivity (Wildman–Crippen MR) is 93.2 cm³/mol. The van der Waals surface area contributed by atoms with E-state index in [0.29, 0.717) is 18.1 Å². The van der Waals surface area contributed by atoms with Crippen LogP contribution >= 0.6 is 0 Å². The summed E-state index contributed by atoms with van der Waals surface area (Å²) in [7, 11) is 1.51. The summed E-state index contributed by atoms with van der Waals surface area (Å²) >= 11 is 0. The zero-order valence-corrected chi connectivity index (χ0v) is 13.4. The van der Waals surface area contributed by atoms with Gasteiger partial charge in [-0.25, -0.2) is 0 Å². The van der Waals surface area contributed by atoms with Crippen LogP contribution in [0.15, 0.2) is 29.3 Å². The Bertz CT molecular complexity index is 698. The number of methoxy groups -OCH3 is 1. The molecule has 23 heavy (non-hydrogen) atoms. The molecule has 8 nitrogen and oxygen atoms in total. The molecule has 0 unspecified atom stereocenters. The van der Waals surface area contributed by atoms with E-state index in [9.17, 15) is 0 Å². The van der Waals surface area contributed by atoms with Gasteiger partial charge in [0.2, 0.25) is 11.7 Å². The summed E-state index contributed by atoms with van der Waals surface area (Å²) in [5.41, 5.74) is 13.7. The largest absolute Gasteiger partial charge is 0.490 e. The molecule has 8 heteroatoms. The van der Waals surface area contributed by atoms with Crippen molar-refractivity contribution in [2.75, 3.05) is 30.0 Å². The van der Waals surface area contributed by atoms with Gasteiger partial charge in [-0.05, 0) is 26.0 Å². The molecule has 1 aromatic heterocycles. The van der Waals surface area contributed by atoms with Crippen LogP contribution in [0.1, 0.15) is 12.5 Å². The highest BCUT2D eigenvalue weighted by Crippen LogP contribution is 2.29. The first-order valence-corrected chi connectivity index (χ1v) is 7.16. The van der Waals surface area contributed by atoms with Crippen molar-refractivity contribution in [3.63, 3.8) is 0 Å². The molecule has 0 saturated carbocycles. The Kier molecular flexibility index (Phi) is 5.19. The van der Waals surface area contributed by atoms with Gasteiger partial charge in [0.25, 0.3) is 5.95 Å². The number of nitrogen functional groups attached to an aromatic ring is 1. The number of aromatic nitrogens is 2. The number of benzene rings is 1. The summed E-state index contributed by atoms with van der Waals surface area (Å²) < 4.78 is 5.19. The van der Waals surface area contributed by atoms with E-state index in [2.05, 4.69) is 25.6 Å². The summed E-state index contributed by atoms with van der Waals surface area (Å²) in [5, 5.41) is 6.02. The monoisotopic (exact) mass is 315 g/mol. The molecule has 0 fully saturated rings. The molecule has 0 radical (unpaired) electrons. The summed E-state index contributed by atoms with van der Waals surface area (Å²) in [6.07, 6.45) is 0. The minimum atomic E-state index is 0.149. The topological polar surface area (TPSA) is 123 Å². The smallest absolute Gasteiger partial charge is 0.256 e. The standard InChI is InChI=1S/C15H21N7O/c1-4-18-13-11(23-3)12(16)20-15(21-13)22-14(17)19-10-7-5-9(2)6-8-10/h5-8H,4H2,1-3H3,(H6,16,17,18,19,20,21,22). The van der Waals surface area contributed by atoms with E-state index in [4.69, 9.17) is 16.2 Å². The molecule has 0 spiro atoms. The molecular formula is C15H21N7O. The van der Waals surface area contributed by atoms with Crippen molar-refractivity contribution >= 4 is 29.2 Å². The number of nitrogens with zero attached hydrogens (tertiary/aromatic N) is 3. The van der Waals surface area contributed by atoms with Gasteiger partial charge < -0.3 is 26.8 Å². The number of aliphatic imine (C=N–C) groups is 1. The molecule has 2 aromatic rings. The first-order chi connectivity index (χ1) is 11.0. The van der Waals surface area contributed by atoms with Gasteiger partial charge >= 0.3 is 0 Å². The van der Waals surface area contributed by atoms with E-state index in [-0.39, 0.29) is 17.7 Å². The second-order valence-electron chi connectivity index (χ2n) is 4.81. The highest BCUT2D eigenvalue weighted by molar-refractivity contribution is 5.93. The zero-order valence-electron chi connectivity index (χ0n) is 13.4. The lowest BCUT2D eigenvalue weighted by Gasteiger charge is -2.11. The number of aryl methyl sites for hydroxylation is 1. The first-order valence-electron chi connectivity index (χ1n) is 7.16. The highest BCUT2D eigenvalue weighted by Gasteiger charge is 2.12. The second kappa shape index (κ2) is 7.30. The number of hydrogen-bond acceptors (Lipinski definition) is 6. The number of nitrogens with one attached hydrogen (secondary N) is 2. The van der Waals surface area contributed by atoms with Gasteiger partial charge in [-0.1, -0.05) is 17.7 Å². The number of anilines is 3. The summed E-state index contributed by atoms with van der Waals surface area (Å²) in [4.78, 5) is 12.5. The van der Waals surface area contributed by atoms with Gasteiger partial charge in [0.05, 0.1) is 7.11 Å². The average molecular weight is 315 g/mol. The Labute approximate surface area is 135 Å². The van der Waals surface area contributed by atoms with Crippen molar-refractivity contribution < 1.29 is 4.74 Å². The average Bonchev–Trinajstić information content (AvgIpc) is 2.50. The fourth-order valence-corrected chi connectivity index (χ4v) is 1.91. The fraction of sp³-hybridized carbons (Fsp3) is 0.267. The summed E-state index contributed by atoms with van der Waals surface area (Å²) in [6, 6.07) is 7.76. The molecule has 1 aromatic carbocycles. The molecule has 0 aliphatic heterocycles. The lowest BCUT2D eigenvalue weighted by molar-refractivity contribution is 0.415. The molecule has 1 heterocycles. The van der Waals surface area contributed by atoms with Crippen molar-refractivity contribution in [2.24, 2.45) is 10.7 Å². The van der Waals surface area contributed by atoms with Crippen LogP contribution < -0.4 is 26.8 Å². The first kappa shape index (κ1) is 16.3. The van der Waals surface area contributed by atoms with Gasteiger partial charge in [-0.3, -0.25) is 0 Å². The van der Waals surface area contributed by atoms with Crippen LogP contribution in [-0.2, 0) is 0 Å². The zero-order chi connectivity index (χ0) is 16.8. The van der Waals surface area contributed by atoms with Crippen LogP contribution in [0.2, 0.25) is 0 Å². The molecule has 2 rings (SSSR count). The van der Waals surface area contributed by atoms with Crippen molar-refractivity contribution in [2.45, 2.75) is 13.8 Å². The van der Waals surface area contributed by atoms with Crippen molar-refractivity contribution in [1.29, 1.82) is 0 Å². The Hall–Kier alpha value is -3.03. The van der Waals surface area contributed by atoms with Gasteiger partial charge in [0.1, 0.15) is 0 Å². The van der Waals surface area contributed by atoms with Crippen LogP contribution in [0.25, 0.3) is 0 Å². The third-order valence-electron chi connectivity index (χ3n) is 2.97. The molecule has 0 amide bonds. The predicted octanol–water partition coefficient (Wildman–Crippen LogP) is 1.87. The Morgan fingerprint density at radius 1 is 1.26 bits per heavy atom. The van der Waals surface area contributed by atoms with E-state index in [1.807, 2.05) is 38.1 Å². The minimum absolute atomic E-state index is 0.149. The summed E-state index contributed by atoms with van der Waals surface area (Å²) in [6.45, 7) is 4.61. The number of ether oxygens (including phenoxy) is 1. The third-order valence-corrected chi connectivity index (χ3v) is 2.97. The van der Waals surface area contributed by atoms with E-state index in [0.717, 1.165) is 11.3 Å². The van der Waals surface area contributed by atoms with E-state index in [1.165, 1.54) is 7.11 Å². The van der Waals surface area contributed by atoms with Crippen molar-refractivity contribution in [3.8, 4) is 5.75 Å². The van der Waals surface area contributed by atoms with E-state index >= 15 is 0 Å². The van der Waals surface area contributed by atoms with Gasteiger partial charge in [0.15, 0.2) is 11.6 Å². The van der Waals surface area contributed by atoms with Crippen molar-refractivity contribution in [3.05, 3.63) is 29.8 Å². The quantitative estimate of drug-likeness (QED) is 0.490. The molecule has 0 aliphatic carbocycles. The van der Waals surface area contributed by atoms with Crippen LogP contribution in [0, 0.1) is 6.92 Å². The van der Waals surface area contributed by atoms with Crippen LogP contribution in [0.3, 0.4) is 0 Å². The molecule has 122 valence electrons.